The Kier molecular flexibility index (Phi) is 3.76. The molecule has 0 spiro atoms. The van der Waals surface area contributed by atoms with Crippen molar-refractivity contribution in [2.75, 3.05) is 0 Å². The van der Waals surface area contributed by atoms with E-state index in [0.29, 0.717) is 12.5 Å². The smallest absolute Gasteiger partial charge is 0.195 e. The van der Waals surface area contributed by atoms with Gasteiger partial charge in [0, 0.05) is 23.3 Å². The summed E-state index contributed by atoms with van der Waals surface area (Å²) in [5.74, 6) is 0.465. The lowest BCUT2D eigenvalue weighted by Crippen LogP contribution is -2.36. The molecule has 0 heterocycles. The molecular weight excluding hydrogens is 258 g/mol. The van der Waals surface area contributed by atoms with Gasteiger partial charge in [0.15, 0.2) is 0 Å². The Morgan fingerprint density at radius 1 is 1.35 bits per heavy atom. The third-order valence-electron chi connectivity index (χ3n) is 3.22. The summed E-state index contributed by atoms with van der Waals surface area (Å²) in [6.07, 6.45) is 2.19. The van der Waals surface area contributed by atoms with Crippen LogP contribution in [0.5, 0.6) is 0 Å². The highest BCUT2D eigenvalue weighted by Gasteiger charge is 2.36. The first-order chi connectivity index (χ1) is 7.98. The van der Waals surface area contributed by atoms with Crippen molar-refractivity contribution < 1.29 is 8.42 Å². The summed E-state index contributed by atoms with van der Waals surface area (Å²) in [4.78, 5) is 0. The molecule has 0 aromatic heterocycles. The van der Waals surface area contributed by atoms with Crippen LogP contribution in [0.3, 0.4) is 0 Å². The van der Waals surface area contributed by atoms with Crippen LogP contribution in [0.25, 0.3) is 0 Å². The zero-order valence-corrected chi connectivity index (χ0v) is 11.3. The Hall–Kier alpha value is -0.580. The standard InChI is InChI=1S/C12H16ClNO2S/c1-10(12-7-8-12)14(17(13,15)16)9-11-5-3-2-4-6-11/h2-6,10,12H,7-9H2,1H3. The molecule has 3 nitrogen and oxygen atoms in total. The van der Waals surface area contributed by atoms with Crippen LogP contribution in [0.2, 0.25) is 0 Å². The van der Waals surface area contributed by atoms with E-state index in [1.807, 2.05) is 37.3 Å². The van der Waals surface area contributed by atoms with Gasteiger partial charge < -0.3 is 0 Å². The number of rotatable bonds is 5. The number of hydrogen-bond acceptors (Lipinski definition) is 2. The molecule has 0 bridgehead atoms. The van der Waals surface area contributed by atoms with Gasteiger partial charge >= 0.3 is 0 Å². The number of benzene rings is 1. The van der Waals surface area contributed by atoms with Crippen molar-refractivity contribution >= 4 is 19.9 Å². The third-order valence-corrected chi connectivity index (χ3v) is 4.77. The minimum Gasteiger partial charge on any atom is -0.195 e. The fraction of sp³-hybridized carbons (Fsp3) is 0.500. The molecule has 1 saturated carbocycles. The number of halogens is 1. The van der Waals surface area contributed by atoms with E-state index in [1.165, 1.54) is 4.31 Å². The van der Waals surface area contributed by atoms with Crippen LogP contribution >= 0.6 is 10.7 Å². The maximum Gasteiger partial charge on any atom is 0.300 e. The average molecular weight is 274 g/mol. The van der Waals surface area contributed by atoms with E-state index in [4.69, 9.17) is 10.7 Å². The second-order valence-electron chi connectivity index (χ2n) is 4.55. The average Bonchev–Trinajstić information content (AvgIpc) is 3.08. The quantitative estimate of drug-likeness (QED) is 0.774. The van der Waals surface area contributed by atoms with Gasteiger partial charge in [0.05, 0.1) is 0 Å². The maximum absolute atomic E-state index is 11.6. The molecular formula is C12H16ClNO2S. The van der Waals surface area contributed by atoms with Gasteiger partial charge in [0.25, 0.3) is 9.24 Å². The van der Waals surface area contributed by atoms with E-state index in [9.17, 15) is 8.42 Å². The lowest BCUT2D eigenvalue weighted by Gasteiger charge is -2.25. The minimum absolute atomic E-state index is 0.0160. The maximum atomic E-state index is 11.6. The SMILES string of the molecule is CC(C1CC1)N(Cc1ccccc1)S(=O)(=O)Cl. The summed E-state index contributed by atoms with van der Waals surface area (Å²) in [6.45, 7) is 2.28. The molecule has 0 radical (unpaired) electrons. The summed E-state index contributed by atoms with van der Waals surface area (Å²) < 4.78 is 24.6. The molecule has 0 saturated heterocycles. The fourth-order valence-corrected chi connectivity index (χ4v) is 3.39. The molecule has 1 aromatic carbocycles. The van der Waals surface area contributed by atoms with E-state index in [1.54, 1.807) is 0 Å². The molecule has 17 heavy (non-hydrogen) atoms. The molecule has 0 aliphatic heterocycles. The van der Waals surface area contributed by atoms with E-state index in [-0.39, 0.29) is 6.04 Å². The zero-order chi connectivity index (χ0) is 12.5. The summed E-state index contributed by atoms with van der Waals surface area (Å²) >= 11 is 0. The molecule has 0 amide bonds. The second-order valence-corrected chi connectivity index (χ2v) is 7.01. The first kappa shape index (κ1) is 12.9. The van der Waals surface area contributed by atoms with Crippen molar-refractivity contribution in [1.29, 1.82) is 0 Å². The van der Waals surface area contributed by atoms with Crippen molar-refractivity contribution in [3.63, 3.8) is 0 Å². The summed E-state index contributed by atoms with van der Waals surface area (Å²) in [6, 6.07) is 9.51. The highest BCUT2D eigenvalue weighted by atomic mass is 35.7. The largest absolute Gasteiger partial charge is 0.300 e. The molecule has 1 unspecified atom stereocenters. The van der Waals surface area contributed by atoms with Gasteiger partial charge in [-0.15, -0.1) is 0 Å². The van der Waals surface area contributed by atoms with Gasteiger partial charge in [-0.1, -0.05) is 30.3 Å². The molecule has 2 rings (SSSR count). The number of hydrogen-bond donors (Lipinski definition) is 0. The van der Waals surface area contributed by atoms with Crippen LogP contribution in [0.4, 0.5) is 0 Å². The first-order valence-corrected chi connectivity index (χ1v) is 8.00. The highest BCUT2D eigenvalue weighted by molar-refractivity contribution is 8.11. The summed E-state index contributed by atoms with van der Waals surface area (Å²) in [5, 5.41) is 0. The third kappa shape index (κ3) is 3.44. The van der Waals surface area contributed by atoms with Crippen molar-refractivity contribution in [2.45, 2.75) is 32.4 Å². The fourth-order valence-electron chi connectivity index (χ4n) is 2.00. The summed E-state index contributed by atoms with van der Waals surface area (Å²) in [5.41, 5.74) is 0.962. The molecule has 1 atom stereocenters. The zero-order valence-electron chi connectivity index (χ0n) is 9.71. The number of nitrogens with zero attached hydrogens (tertiary/aromatic N) is 1. The van der Waals surface area contributed by atoms with Gasteiger partial charge in [-0.3, -0.25) is 0 Å². The van der Waals surface area contributed by atoms with Crippen LogP contribution in [-0.4, -0.2) is 18.8 Å². The predicted octanol–water partition coefficient (Wildman–Crippen LogP) is 2.77. The molecule has 5 heteroatoms. The van der Waals surface area contributed by atoms with Crippen LogP contribution in [0.1, 0.15) is 25.3 Å². The Balaban J connectivity index is 2.16. The van der Waals surface area contributed by atoms with Crippen molar-refractivity contribution in [1.82, 2.24) is 4.31 Å². The Morgan fingerprint density at radius 3 is 2.41 bits per heavy atom. The van der Waals surface area contributed by atoms with Gasteiger partial charge in [0.1, 0.15) is 0 Å². The van der Waals surface area contributed by atoms with E-state index in [2.05, 4.69) is 0 Å². The van der Waals surface area contributed by atoms with Gasteiger partial charge in [0.2, 0.25) is 0 Å². The van der Waals surface area contributed by atoms with Gasteiger partial charge in [-0.05, 0) is 31.2 Å². The minimum atomic E-state index is -3.66. The van der Waals surface area contributed by atoms with Crippen molar-refractivity contribution in [3.8, 4) is 0 Å². The molecule has 0 N–H and O–H groups in total. The van der Waals surface area contributed by atoms with Crippen LogP contribution in [0.15, 0.2) is 30.3 Å². The monoisotopic (exact) mass is 273 g/mol. The van der Waals surface area contributed by atoms with Crippen LogP contribution in [-0.2, 0) is 15.8 Å². The highest BCUT2D eigenvalue weighted by Crippen LogP contribution is 2.37. The molecule has 1 aliphatic rings. The van der Waals surface area contributed by atoms with E-state index < -0.39 is 9.24 Å². The topological polar surface area (TPSA) is 37.4 Å². The van der Waals surface area contributed by atoms with Gasteiger partial charge in [-0.2, -0.15) is 12.7 Å². The Bertz CT molecular complexity index is 471. The second kappa shape index (κ2) is 4.96. The molecule has 94 valence electrons. The molecule has 1 aliphatic carbocycles. The first-order valence-electron chi connectivity index (χ1n) is 5.74. The van der Waals surface area contributed by atoms with E-state index in [0.717, 1.165) is 18.4 Å². The summed E-state index contributed by atoms with van der Waals surface area (Å²) in [7, 11) is 1.85. The van der Waals surface area contributed by atoms with Gasteiger partial charge in [-0.25, -0.2) is 0 Å². The predicted molar refractivity (Wildman–Crippen MR) is 68.9 cm³/mol. The van der Waals surface area contributed by atoms with Crippen molar-refractivity contribution in [2.24, 2.45) is 5.92 Å². The van der Waals surface area contributed by atoms with Crippen molar-refractivity contribution in [3.05, 3.63) is 35.9 Å². The Morgan fingerprint density at radius 2 is 1.94 bits per heavy atom. The lowest BCUT2D eigenvalue weighted by atomic mass is 10.2. The molecule has 1 aromatic rings. The Labute approximate surface area is 107 Å². The van der Waals surface area contributed by atoms with E-state index >= 15 is 0 Å². The molecule has 1 fully saturated rings. The van der Waals surface area contributed by atoms with Crippen LogP contribution in [0, 0.1) is 5.92 Å². The normalized spacial score (nSPS) is 18.3. The lowest BCUT2D eigenvalue weighted by molar-refractivity contribution is 0.309. The van der Waals surface area contributed by atoms with Crippen LogP contribution < -0.4 is 0 Å².